The van der Waals surface area contributed by atoms with E-state index in [2.05, 4.69) is 10.6 Å². The van der Waals surface area contributed by atoms with E-state index < -0.39 is 0 Å². The van der Waals surface area contributed by atoms with Crippen molar-refractivity contribution in [3.8, 4) is 0 Å². The van der Waals surface area contributed by atoms with E-state index >= 15 is 0 Å². The fourth-order valence-electron chi connectivity index (χ4n) is 1.51. The van der Waals surface area contributed by atoms with Crippen molar-refractivity contribution in [2.45, 2.75) is 38.3 Å². The van der Waals surface area contributed by atoms with Crippen LogP contribution in [0.1, 0.15) is 26.2 Å². The van der Waals surface area contributed by atoms with Crippen LogP contribution in [0.3, 0.4) is 0 Å². The first-order chi connectivity index (χ1) is 6.74. The topological polar surface area (TPSA) is 50.4 Å². The molecule has 2 N–H and O–H groups in total. The summed E-state index contributed by atoms with van der Waals surface area (Å²) in [7, 11) is 1.79. The Kier molecular flexibility index (Phi) is 4.90. The Morgan fingerprint density at radius 3 is 2.93 bits per heavy atom. The molecular formula is C10H20N2O2. The summed E-state index contributed by atoms with van der Waals surface area (Å²) in [5.74, 6) is 0.0828. The minimum atomic E-state index is -0.112. The van der Waals surface area contributed by atoms with Gasteiger partial charge in [-0.25, -0.2) is 0 Å². The fraction of sp³-hybridized carbons (Fsp3) is 0.900. The molecule has 0 aromatic heterocycles. The summed E-state index contributed by atoms with van der Waals surface area (Å²) in [5.41, 5.74) is 0. The number of ether oxygens (including phenoxy) is 1. The summed E-state index contributed by atoms with van der Waals surface area (Å²) in [4.78, 5) is 11.5. The van der Waals surface area contributed by atoms with Crippen LogP contribution in [0.15, 0.2) is 0 Å². The second-order valence-corrected chi connectivity index (χ2v) is 3.76. The van der Waals surface area contributed by atoms with Gasteiger partial charge in [-0.05, 0) is 33.2 Å². The molecule has 0 aliphatic carbocycles. The SMILES string of the molecule is CN[C@@H](C)C(=O)NC1CCCOCC1. The minimum absolute atomic E-state index is 0.0828. The molecule has 1 saturated heterocycles. The Hall–Kier alpha value is -0.610. The van der Waals surface area contributed by atoms with E-state index in [1.807, 2.05) is 6.92 Å². The maximum absolute atomic E-state index is 11.5. The predicted octanol–water partition coefficient (Wildman–Crippen LogP) is 0.280. The van der Waals surface area contributed by atoms with Crippen molar-refractivity contribution in [2.24, 2.45) is 0 Å². The molecule has 0 bridgehead atoms. The van der Waals surface area contributed by atoms with Gasteiger partial charge in [-0.15, -0.1) is 0 Å². The number of rotatable bonds is 3. The molecule has 1 unspecified atom stereocenters. The first-order valence-electron chi connectivity index (χ1n) is 5.29. The van der Waals surface area contributed by atoms with Crippen LogP contribution >= 0.6 is 0 Å². The molecule has 14 heavy (non-hydrogen) atoms. The van der Waals surface area contributed by atoms with E-state index in [4.69, 9.17) is 4.74 Å². The summed E-state index contributed by atoms with van der Waals surface area (Å²) in [6.45, 7) is 3.45. The second-order valence-electron chi connectivity index (χ2n) is 3.76. The van der Waals surface area contributed by atoms with Crippen LogP contribution in [-0.2, 0) is 9.53 Å². The van der Waals surface area contributed by atoms with Crippen molar-refractivity contribution in [1.29, 1.82) is 0 Å². The molecule has 0 spiro atoms. The van der Waals surface area contributed by atoms with Gasteiger partial charge in [0.05, 0.1) is 6.04 Å². The fourth-order valence-corrected chi connectivity index (χ4v) is 1.51. The standard InChI is InChI=1S/C10H20N2O2/c1-8(11-2)10(13)12-9-4-3-6-14-7-5-9/h8-9,11H,3-7H2,1-2H3,(H,12,13)/t8-,9?/m0/s1. The average molecular weight is 200 g/mol. The third kappa shape index (κ3) is 3.64. The predicted molar refractivity (Wildman–Crippen MR) is 55.1 cm³/mol. The molecule has 1 aliphatic rings. The van der Waals surface area contributed by atoms with Gasteiger partial charge in [-0.1, -0.05) is 0 Å². The van der Waals surface area contributed by atoms with Gasteiger partial charge in [0.2, 0.25) is 5.91 Å². The molecule has 1 heterocycles. The van der Waals surface area contributed by atoms with Gasteiger partial charge in [0.15, 0.2) is 0 Å². The molecule has 1 fully saturated rings. The molecule has 4 nitrogen and oxygen atoms in total. The Balaban J connectivity index is 2.30. The molecule has 1 amide bonds. The molecule has 0 aromatic carbocycles. The zero-order valence-electron chi connectivity index (χ0n) is 9.01. The quantitative estimate of drug-likeness (QED) is 0.688. The second kappa shape index (κ2) is 5.98. The highest BCUT2D eigenvalue weighted by Crippen LogP contribution is 2.07. The smallest absolute Gasteiger partial charge is 0.237 e. The minimum Gasteiger partial charge on any atom is -0.381 e. The van der Waals surface area contributed by atoms with Gasteiger partial charge in [0, 0.05) is 19.3 Å². The van der Waals surface area contributed by atoms with Crippen molar-refractivity contribution in [1.82, 2.24) is 10.6 Å². The average Bonchev–Trinajstić information content (AvgIpc) is 2.45. The molecule has 4 heteroatoms. The maximum Gasteiger partial charge on any atom is 0.237 e. The Labute approximate surface area is 85.4 Å². The van der Waals surface area contributed by atoms with Gasteiger partial charge in [-0.3, -0.25) is 4.79 Å². The highest BCUT2D eigenvalue weighted by Gasteiger charge is 2.17. The van der Waals surface area contributed by atoms with Crippen LogP contribution < -0.4 is 10.6 Å². The van der Waals surface area contributed by atoms with E-state index in [1.54, 1.807) is 7.05 Å². The Morgan fingerprint density at radius 1 is 1.43 bits per heavy atom. The van der Waals surface area contributed by atoms with Crippen LogP contribution in [0.5, 0.6) is 0 Å². The number of carbonyl (C=O) groups excluding carboxylic acids is 1. The van der Waals surface area contributed by atoms with Crippen molar-refractivity contribution in [3.63, 3.8) is 0 Å². The normalized spacial score (nSPS) is 25.1. The van der Waals surface area contributed by atoms with Crippen molar-refractivity contribution in [3.05, 3.63) is 0 Å². The number of hydrogen-bond acceptors (Lipinski definition) is 3. The summed E-state index contributed by atoms with van der Waals surface area (Å²) in [6.07, 6.45) is 3.00. The summed E-state index contributed by atoms with van der Waals surface area (Å²) < 4.78 is 5.33. The van der Waals surface area contributed by atoms with Crippen molar-refractivity contribution < 1.29 is 9.53 Å². The number of nitrogens with one attached hydrogen (secondary N) is 2. The highest BCUT2D eigenvalue weighted by atomic mass is 16.5. The lowest BCUT2D eigenvalue weighted by atomic mass is 10.1. The van der Waals surface area contributed by atoms with Crippen LogP contribution in [0.4, 0.5) is 0 Å². The lowest BCUT2D eigenvalue weighted by Crippen LogP contribution is -2.45. The van der Waals surface area contributed by atoms with Crippen LogP contribution in [-0.4, -0.2) is 38.3 Å². The number of carbonyl (C=O) groups is 1. The first-order valence-corrected chi connectivity index (χ1v) is 5.29. The Morgan fingerprint density at radius 2 is 2.21 bits per heavy atom. The molecule has 1 aliphatic heterocycles. The molecule has 1 rings (SSSR count). The van der Waals surface area contributed by atoms with Gasteiger partial charge in [0.25, 0.3) is 0 Å². The molecular weight excluding hydrogens is 180 g/mol. The van der Waals surface area contributed by atoms with E-state index in [0.29, 0.717) is 6.04 Å². The van der Waals surface area contributed by atoms with Crippen molar-refractivity contribution in [2.75, 3.05) is 20.3 Å². The van der Waals surface area contributed by atoms with Crippen LogP contribution in [0, 0.1) is 0 Å². The van der Waals surface area contributed by atoms with Crippen LogP contribution in [0.25, 0.3) is 0 Å². The number of amides is 1. The van der Waals surface area contributed by atoms with Crippen LogP contribution in [0.2, 0.25) is 0 Å². The zero-order valence-corrected chi connectivity index (χ0v) is 9.01. The lowest BCUT2D eigenvalue weighted by Gasteiger charge is -2.18. The molecule has 2 atom stereocenters. The van der Waals surface area contributed by atoms with E-state index in [0.717, 1.165) is 32.5 Å². The monoisotopic (exact) mass is 200 g/mol. The zero-order chi connectivity index (χ0) is 10.4. The van der Waals surface area contributed by atoms with E-state index in [1.165, 1.54) is 0 Å². The maximum atomic E-state index is 11.5. The summed E-state index contributed by atoms with van der Waals surface area (Å²) in [6, 6.07) is 0.181. The highest BCUT2D eigenvalue weighted by molar-refractivity contribution is 5.81. The molecule has 0 saturated carbocycles. The molecule has 82 valence electrons. The summed E-state index contributed by atoms with van der Waals surface area (Å²) in [5, 5.41) is 5.95. The largest absolute Gasteiger partial charge is 0.381 e. The van der Waals surface area contributed by atoms with E-state index in [-0.39, 0.29) is 11.9 Å². The third-order valence-corrected chi connectivity index (χ3v) is 2.62. The number of likely N-dealkylation sites (N-methyl/N-ethyl adjacent to an activating group) is 1. The molecule has 0 radical (unpaired) electrons. The van der Waals surface area contributed by atoms with Gasteiger partial charge < -0.3 is 15.4 Å². The molecule has 0 aromatic rings. The summed E-state index contributed by atoms with van der Waals surface area (Å²) >= 11 is 0. The number of hydrogen-bond donors (Lipinski definition) is 2. The first kappa shape index (κ1) is 11.5. The van der Waals surface area contributed by atoms with Gasteiger partial charge in [-0.2, -0.15) is 0 Å². The van der Waals surface area contributed by atoms with E-state index in [9.17, 15) is 4.79 Å². The Bertz CT molecular complexity index is 177. The lowest BCUT2D eigenvalue weighted by molar-refractivity contribution is -0.123. The van der Waals surface area contributed by atoms with Crippen molar-refractivity contribution >= 4 is 5.91 Å². The third-order valence-electron chi connectivity index (χ3n) is 2.62. The van der Waals surface area contributed by atoms with Gasteiger partial charge >= 0.3 is 0 Å². The van der Waals surface area contributed by atoms with Gasteiger partial charge in [0.1, 0.15) is 0 Å².